The lowest BCUT2D eigenvalue weighted by Crippen LogP contribution is -1.83. The molecule has 0 fully saturated rings. The number of rotatable bonds is 1. The molecule has 7 heteroatoms. The summed E-state index contributed by atoms with van der Waals surface area (Å²) in [6, 6.07) is 0. The fourth-order valence-corrected chi connectivity index (χ4v) is 1.35. The maximum absolute atomic E-state index is 4.83. The highest BCUT2D eigenvalue weighted by molar-refractivity contribution is 9.11. The number of nitrogens with zero attached hydrogens (tertiary/aromatic N) is 4. The second kappa shape index (κ2) is 3.72. The van der Waals surface area contributed by atoms with Gasteiger partial charge in [-0.2, -0.15) is 0 Å². The summed E-state index contributed by atoms with van der Waals surface area (Å²) in [6.07, 6.45) is 1.51. The zero-order valence-electron chi connectivity index (χ0n) is 5.20. The van der Waals surface area contributed by atoms with E-state index in [1.807, 2.05) is 0 Å². The summed E-state index contributed by atoms with van der Waals surface area (Å²) in [5.41, 5.74) is 0. The third kappa shape index (κ3) is 2.19. The van der Waals surface area contributed by atoms with E-state index in [1.165, 1.54) is 6.20 Å². The van der Waals surface area contributed by atoms with Crippen LogP contribution in [-0.2, 0) is 0 Å². The molecule has 0 saturated carbocycles. The van der Waals surface area contributed by atoms with Gasteiger partial charge in [0.15, 0.2) is 4.60 Å². The van der Waals surface area contributed by atoms with Gasteiger partial charge in [-0.15, -0.1) is 5.11 Å². The van der Waals surface area contributed by atoms with Crippen LogP contribution in [-0.4, -0.2) is 9.97 Å². The molecule has 0 aliphatic heterocycles. The van der Waals surface area contributed by atoms with Crippen molar-refractivity contribution in [2.24, 2.45) is 16.2 Å². The van der Waals surface area contributed by atoms with Crippen molar-refractivity contribution in [2.75, 3.05) is 0 Å². The Balaban J connectivity index is 3.09. The summed E-state index contributed by atoms with van der Waals surface area (Å²) < 4.78 is 1.13. The van der Waals surface area contributed by atoms with Crippen LogP contribution in [0.4, 0.5) is 5.82 Å². The summed E-state index contributed by atoms with van der Waals surface area (Å²) in [7, 11) is 0. The number of hydrogen-bond donors (Lipinski definition) is 1. The van der Waals surface area contributed by atoms with Crippen LogP contribution in [0, 0.1) is 0 Å². The van der Waals surface area contributed by atoms with Gasteiger partial charge >= 0.3 is 0 Å². The zero-order chi connectivity index (χ0) is 8.27. The SMILES string of the molecule is NN=Nc1ncc(Br)nc1Br. The summed E-state index contributed by atoms with van der Waals surface area (Å²) in [6.45, 7) is 0. The molecule has 1 heterocycles. The van der Waals surface area contributed by atoms with Crippen molar-refractivity contribution in [3.63, 3.8) is 0 Å². The van der Waals surface area contributed by atoms with Gasteiger partial charge < -0.3 is 5.84 Å². The van der Waals surface area contributed by atoms with E-state index in [-0.39, 0.29) is 0 Å². The molecule has 5 nitrogen and oxygen atoms in total. The minimum atomic E-state index is 0.357. The van der Waals surface area contributed by atoms with Gasteiger partial charge in [-0.1, -0.05) is 5.22 Å². The molecule has 0 atom stereocenters. The Bertz CT molecular complexity index is 286. The molecule has 0 aromatic carbocycles. The number of nitrogens with two attached hydrogens (primary N) is 1. The second-order valence-corrected chi connectivity index (χ2v) is 3.09. The third-order valence-corrected chi connectivity index (χ3v) is 1.75. The highest BCUT2D eigenvalue weighted by Gasteiger charge is 2.00. The molecule has 1 aromatic heterocycles. The predicted molar refractivity (Wildman–Crippen MR) is 46.1 cm³/mol. The van der Waals surface area contributed by atoms with E-state index >= 15 is 0 Å². The summed E-state index contributed by atoms with van der Waals surface area (Å²) in [5, 5.41) is 6.58. The van der Waals surface area contributed by atoms with Crippen LogP contribution in [0.1, 0.15) is 0 Å². The fourth-order valence-electron chi connectivity index (χ4n) is 0.462. The molecule has 0 radical (unpaired) electrons. The van der Waals surface area contributed by atoms with E-state index in [9.17, 15) is 0 Å². The molecule has 58 valence electrons. The van der Waals surface area contributed by atoms with E-state index in [0.717, 1.165) is 0 Å². The second-order valence-electron chi connectivity index (χ2n) is 1.52. The molecule has 11 heavy (non-hydrogen) atoms. The molecule has 1 rings (SSSR count). The smallest absolute Gasteiger partial charge is 0.209 e. The van der Waals surface area contributed by atoms with Crippen molar-refractivity contribution >= 4 is 37.7 Å². The Labute approximate surface area is 79.4 Å². The van der Waals surface area contributed by atoms with Gasteiger partial charge in [0.05, 0.1) is 6.20 Å². The van der Waals surface area contributed by atoms with Gasteiger partial charge in [0.25, 0.3) is 0 Å². The largest absolute Gasteiger partial charge is 0.305 e. The minimum Gasteiger partial charge on any atom is -0.305 e. The van der Waals surface area contributed by atoms with Gasteiger partial charge in [-0.05, 0) is 31.9 Å². The molecule has 2 N–H and O–H groups in total. The Kier molecular flexibility index (Phi) is 2.89. The van der Waals surface area contributed by atoms with Gasteiger partial charge in [-0.25, -0.2) is 9.97 Å². The van der Waals surface area contributed by atoms with Crippen molar-refractivity contribution in [3.05, 3.63) is 15.4 Å². The van der Waals surface area contributed by atoms with Crippen LogP contribution in [0.2, 0.25) is 0 Å². The maximum Gasteiger partial charge on any atom is 0.209 e. The van der Waals surface area contributed by atoms with Crippen LogP contribution < -0.4 is 5.84 Å². The first-order valence-corrected chi connectivity index (χ1v) is 4.11. The monoisotopic (exact) mass is 279 g/mol. The normalized spacial score (nSPS) is 10.7. The molecule has 0 aliphatic carbocycles. The lowest BCUT2D eigenvalue weighted by molar-refractivity contribution is 1.00. The van der Waals surface area contributed by atoms with Crippen molar-refractivity contribution < 1.29 is 0 Å². The average molecular weight is 281 g/mol. The first-order valence-electron chi connectivity index (χ1n) is 2.53. The van der Waals surface area contributed by atoms with Crippen molar-refractivity contribution in [3.8, 4) is 0 Å². The highest BCUT2D eigenvalue weighted by Crippen LogP contribution is 2.21. The maximum atomic E-state index is 4.83. The van der Waals surface area contributed by atoms with Gasteiger partial charge in [0, 0.05) is 0 Å². The molecule has 0 amide bonds. The molecular weight excluding hydrogens is 278 g/mol. The van der Waals surface area contributed by atoms with Crippen molar-refractivity contribution in [2.45, 2.75) is 0 Å². The summed E-state index contributed by atoms with van der Waals surface area (Å²) in [4.78, 5) is 7.82. The van der Waals surface area contributed by atoms with Gasteiger partial charge in [-0.3, -0.25) is 0 Å². The quantitative estimate of drug-likeness (QED) is 0.485. The lowest BCUT2D eigenvalue weighted by atomic mass is 10.7. The Morgan fingerprint density at radius 2 is 2.18 bits per heavy atom. The van der Waals surface area contributed by atoms with Crippen molar-refractivity contribution in [1.29, 1.82) is 0 Å². The minimum absolute atomic E-state index is 0.357. The first-order chi connectivity index (χ1) is 5.24. The molecule has 0 unspecified atom stereocenters. The van der Waals surface area contributed by atoms with E-state index in [4.69, 9.17) is 5.84 Å². The van der Waals surface area contributed by atoms with Crippen molar-refractivity contribution in [1.82, 2.24) is 9.97 Å². The van der Waals surface area contributed by atoms with Gasteiger partial charge in [0.2, 0.25) is 5.82 Å². The molecule has 1 aromatic rings. The molecular formula is C4H3Br2N5. The topological polar surface area (TPSA) is 76.5 Å². The lowest BCUT2D eigenvalue weighted by Gasteiger charge is -1.93. The van der Waals surface area contributed by atoms with Crippen LogP contribution in [0.15, 0.2) is 25.7 Å². The molecule has 0 spiro atoms. The number of hydrogen-bond acceptors (Lipinski definition) is 4. The van der Waals surface area contributed by atoms with E-state index in [2.05, 4.69) is 52.2 Å². The standard InChI is InChI=1S/C4H3Br2N5/c5-2-1-8-4(10-11-7)3(6)9-2/h1H,(H2,7,8,10). The van der Waals surface area contributed by atoms with E-state index in [0.29, 0.717) is 15.0 Å². The first kappa shape index (κ1) is 8.54. The molecule has 0 aliphatic rings. The predicted octanol–water partition coefficient (Wildman–Crippen LogP) is 1.96. The fraction of sp³-hybridized carbons (Fsp3) is 0. The van der Waals surface area contributed by atoms with Crippen LogP contribution in [0.25, 0.3) is 0 Å². The van der Waals surface area contributed by atoms with E-state index < -0.39 is 0 Å². The Morgan fingerprint density at radius 1 is 1.45 bits per heavy atom. The zero-order valence-corrected chi connectivity index (χ0v) is 8.37. The number of aromatic nitrogens is 2. The average Bonchev–Trinajstić information content (AvgIpc) is 1.95. The molecule has 0 saturated heterocycles. The van der Waals surface area contributed by atoms with Crippen LogP contribution >= 0.6 is 31.9 Å². The Morgan fingerprint density at radius 3 is 2.73 bits per heavy atom. The van der Waals surface area contributed by atoms with Crippen LogP contribution in [0.3, 0.4) is 0 Å². The Hall–Kier alpha value is -0.560. The number of halogens is 2. The summed E-state index contributed by atoms with van der Waals surface area (Å²) >= 11 is 6.28. The molecule has 0 bridgehead atoms. The highest BCUT2D eigenvalue weighted by atomic mass is 79.9. The third-order valence-electron chi connectivity index (χ3n) is 0.835. The van der Waals surface area contributed by atoms with E-state index in [1.54, 1.807) is 0 Å². The van der Waals surface area contributed by atoms with Crippen LogP contribution in [0.5, 0.6) is 0 Å². The summed E-state index contributed by atoms with van der Waals surface area (Å²) in [5.74, 6) is 5.18. The van der Waals surface area contributed by atoms with Gasteiger partial charge in [0.1, 0.15) is 4.60 Å².